The van der Waals surface area contributed by atoms with E-state index >= 15 is 0 Å². The molecule has 2 aromatic carbocycles. The molecule has 9 heteroatoms. The molecule has 32 heavy (non-hydrogen) atoms. The Morgan fingerprint density at radius 2 is 1.72 bits per heavy atom. The van der Waals surface area contributed by atoms with E-state index in [4.69, 9.17) is 9.47 Å². The average molecular weight is 462 g/mol. The molecule has 1 heterocycles. The van der Waals surface area contributed by atoms with Gasteiger partial charge in [-0.25, -0.2) is 8.42 Å². The van der Waals surface area contributed by atoms with Crippen LogP contribution in [0.1, 0.15) is 18.4 Å². The lowest BCUT2D eigenvalue weighted by Gasteiger charge is -2.25. The molecule has 0 radical (unpaired) electrons. The lowest BCUT2D eigenvalue weighted by Crippen LogP contribution is -2.36. The monoisotopic (exact) mass is 461 g/mol. The van der Waals surface area contributed by atoms with Gasteiger partial charge in [-0.15, -0.1) is 0 Å². The number of benzene rings is 2. The van der Waals surface area contributed by atoms with Crippen molar-refractivity contribution in [2.45, 2.75) is 24.3 Å². The molecular formula is C23H31N3O5S. The number of sulfonamides is 1. The van der Waals surface area contributed by atoms with Crippen molar-refractivity contribution in [3.63, 3.8) is 0 Å². The normalized spacial score (nSPS) is 17.2. The van der Waals surface area contributed by atoms with E-state index in [9.17, 15) is 13.2 Å². The van der Waals surface area contributed by atoms with Crippen molar-refractivity contribution in [3.8, 4) is 11.5 Å². The molecule has 1 N–H and O–H groups in total. The Morgan fingerprint density at radius 1 is 0.938 bits per heavy atom. The van der Waals surface area contributed by atoms with Gasteiger partial charge < -0.3 is 14.8 Å². The minimum Gasteiger partial charge on any atom is -0.493 e. The van der Waals surface area contributed by atoms with Crippen LogP contribution in [-0.2, 0) is 21.4 Å². The van der Waals surface area contributed by atoms with Gasteiger partial charge in [0.1, 0.15) is 0 Å². The number of hydrogen-bond donors (Lipinski definition) is 1. The number of amides is 1. The number of methoxy groups -OCH3 is 2. The zero-order chi connectivity index (χ0) is 23.0. The lowest BCUT2D eigenvalue weighted by atomic mass is 10.1. The molecule has 1 amide bonds. The predicted octanol–water partition coefficient (Wildman–Crippen LogP) is 2.11. The smallest absolute Gasteiger partial charge is 0.243 e. The van der Waals surface area contributed by atoms with Gasteiger partial charge in [-0.05, 0) is 31.2 Å². The minimum atomic E-state index is -3.66. The number of nitrogens with zero attached hydrogens (tertiary/aromatic N) is 2. The van der Waals surface area contributed by atoms with Crippen molar-refractivity contribution in [1.82, 2.24) is 14.5 Å². The SMILES string of the molecule is COc1cccc(CN2CCCN(S(=O)(=O)c3ccccc3)CCC(=O)NCC2)c1OC. The average Bonchev–Trinajstić information content (AvgIpc) is 2.84. The summed E-state index contributed by atoms with van der Waals surface area (Å²) in [5.41, 5.74) is 0.974. The largest absolute Gasteiger partial charge is 0.493 e. The fourth-order valence-corrected chi connectivity index (χ4v) is 5.32. The predicted molar refractivity (Wildman–Crippen MR) is 122 cm³/mol. The molecule has 8 nitrogen and oxygen atoms in total. The maximum atomic E-state index is 13.1. The number of nitrogens with one attached hydrogen (secondary N) is 1. The van der Waals surface area contributed by atoms with Crippen molar-refractivity contribution < 1.29 is 22.7 Å². The number of para-hydroxylation sites is 1. The minimum absolute atomic E-state index is 0.135. The van der Waals surface area contributed by atoms with Crippen LogP contribution in [0.4, 0.5) is 0 Å². The van der Waals surface area contributed by atoms with Crippen molar-refractivity contribution in [1.29, 1.82) is 0 Å². The van der Waals surface area contributed by atoms with Gasteiger partial charge in [0.15, 0.2) is 11.5 Å². The highest BCUT2D eigenvalue weighted by molar-refractivity contribution is 7.89. The molecule has 0 saturated carbocycles. The Morgan fingerprint density at radius 3 is 2.44 bits per heavy atom. The Kier molecular flexibility index (Phi) is 8.49. The summed E-state index contributed by atoms with van der Waals surface area (Å²) in [6.45, 7) is 2.93. The van der Waals surface area contributed by atoms with Gasteiger partial charge in [0.25, 0.3) is 0 Å². The first-order valence-electron chi connectivity index (χ1n) is 10.7. The van der Waals surface area contributed by atoms with Gasteiger partial charge in [0.2, 0.25) is 15.9 Å². The molecule has 0 spiro atoms. The molecule has 0 unspecified atom stereocenters. The Balaban J connectivity index is 1.76. The van der Waals surface area contributed by atoms with Crippen LogP contribution >= 0.6 is 0 Å². The van der Waals surface area contributed by atoms with Crippen molar-refractivity contribution in [3.05, 3.63) is 54.1 Å². The fraction of sp³-hybridized carbons (Fsp3) is 0.435. The van der Waals surface area contributed by atoms with Crippen molar-refractivity contribution in [2.24, 2.45) is 0 Å². The van der Waals surface area contributed by atoms with Crippen LogP contribution in [0.5, 0.6) is 11.5 Å². The zero-order valence-corrected chi connectivity index (χ0v) is 19.4. The number of hydrogen-bond acceptors (Lipinski definition) is 6. The van der Waals surface area contributed by atoms with E-state index in [1.165, 1.54) is 4.31 Å². The summed E-state index contributed by atoms with van der Waals surface area (Å²) in [7, 11) is -0.448. The molecular weight excluding hydrogens is 430 g/mol. The maximum absolute atomic E-state index is 13.1. The van der Waals surface area contributed by atoms with Crippen LogP contribution < -0.4 is 14.8 Å². The quantitative estimate of drug-likeness (QED) is 0.709. The lowest BCUT2D eigenvalue weighted by molar-refractivity contribution is -0.121. The highest BCUT2D eigenvalue weighted by Gasteiger charge is 2.25. The zero-order valence-electron chi connectivity index (χ0n) is 18.6. The Labute approximate surface area is 190 Å². The number of carbonyl (C=O) groups excluding carboxylic acids is 1. The highest BCUT2D eigenvalue weighted by Crippen LogP contribution is 2.31. The third-order valence-corrected chi connectivity index (χ3v) is 7.39. The van der Waals surface area contributed by atoms with E-state index in [1.54, 1.807) is 44.6 Å². The highest BCUT2D eigenvalue weighted by atomic mass is 32.2. The van der Waals surface area contributed by atoms with E-state index in [2.05, 4.69) is 10.2 Å². The summed E-state index contributed by atoms with van der Waals surface area (Å²) in [6, 6.07) is 14.1. The van der Waals surface area contributed by atoms with Gasteiger partial charge >= 0.3 is 0 Å². The summed E-state index contributed by atoms with van der Waals surface area (Å²) in [5, 5.41) is 2.90. The molecule has 0 bridgehead atoms. The molecule has 0 aromatic heterocycles. The third-order valence-electron chi connectivity index (χ3n) is 5.48. The summed E-state index contributed by atoms with van der Waals surface area (Å²) in [5.74, 6) is 1.19. The number of rotatable bonds is 6. The molecule has 3 rings (SSSR count). The summed E-state index contributed by atoms with van der Waals surface area (Å²) >= 11 is 0. The van der Waals surface area contributed by atoms with E-state index in [0.717, 1.165) is 5.56 Å². The second-order valence-corrected chi connectivity index (χ2v) is 9.54. The molecule has 0 aliphatic carbocycles. The molecule has 1 aliphatic heterocycles. The van der Waals surface area contributed by atoms with Crippen LogP contribution in [0.25, 0.3) is 0 Å². The molecule has 1 saturated heterocycles. The first kappa shape index (κ1) is 24.0. The van der Waals surface area contributed by atoms with Gasteiger partial charge in [0.05, 0.1) is 19.1 Å². The topological polar surface area (TPSA) is 88.2 Å². The Hall–Kier alpha value is -2.62. The van der Waals surface area contributed by atoms with Gasteiger partial charge in [-0.2, -0.15) is 4.31 Å². The van der Waals surface area contributed by atoms with E-state index < -0.39 is 10.0 Å². The van der Waals surface area contributed by atoms with Crippen LogP contribution in [-0.4, -0.2) is 70.5 Å². The van der Waals surface area contributed by atoms with Gasteiger partial charge in [-0.3, -0.25) is 9.69 Å². The Bertz CT molecular complexity index is 998. The first-order valence-corrected chi connectivity index (χ1v) is 12.1. The standard InChI is InChI=1S/C23H31N3O5S/c1-30-21-11-6-8-19(23(21)31-2)18-25-14-7-15-26(16-12-22(27)24-13-17-25)32(28,29)20-9-4-3-5-10-20/h3-6,8-11H,7,12-18H2,1-2H3,(H,24,27). The van der Waals surface area contributed by atoms with Crippen LogP contribution in [0.3, 0.4) is 0 Å². The van der Waals surface area contributed by atoms with Gasteiger partial charge in [-0.1, -0.05) is 30.3 Å². The summed E-state index contributed by atoms with van der Waals surface area (Å²) in [6.07, 6.45) is 0.780. The van der Waals surface area contributed by atoms with Crippen molar-refractivity contribution in [2.75, 3.05) is 46.9 Å². The van der Waals surface area contributed by atoms with E-state index in [-0.39, 0.29) is 23.8 Å². The molecule has 1 aliphatic rings. The van der Waals surface area contributed by atoms with Gasteiger partial charge in [0, 0.05) is 44.7 Å². The molecule has 0 atom stereocenters. The molecule has 1 fully saturated rings. The first-order chi connectivity index (χ1) is 15.5. The van der Waals surface area contributed by atoms with Crippen molar-refractivity contribution >= 4 is 15.9 Å². The summed E-state index contributed by atoms with van der Waals surface area (Å²) < 4.78 is 38.6. The van der Waals surface area contributed by atoms with Crippen LogP contribution in [0.2, 0.25) is 0 Å². The second-order valence-electron chi connectivity index (χ2n) is 7.60. The number of carbonyl (C=O) groups is 1. The second kappa shape index (κ2) is 11.3. The van der Waals surface area contributed by atoms with Crippen LogP contribution in [0.15, 0.2) is 53.4 Å². The third kappa shape index (κ3) is 5.99. The van der Waals surface area contributed by atoms with E-state index in [1.807, 2.05) is 18.2 Å². The maximum Gasteiger partial charge on any atom is 0.243 e. The van der Waals surface area contributed by atoms with Crippen LogP contribution in [0, 0.1) is 0 Å². The molecule has 174 valence electrons. The summed E-state index contributed by atoms with van der Waals surface area (Å²) in [4.78, 5) is 14.7. The fourth-order valence-electron chi connectivity index (χ4n) is 3.82. The number of ether oxygens (including phenoxy) is 2. The van der Waals surface area contributed by atoms with E-state index in [0.29, 0.717) is 50.6 Å². The molecule has 2 aromatic rings.